The van der Waals surface area contributed by atoms with Crippen molar-refractivity contribution in [1.82, 2.24) is 0 Å². The van der Waals surface area contributed by atoms with E-state index in [4.69, 9.17) is 4.52 Å². The van der Waals surface area contributed by atoms with E-state index in [0.717, 1.165) is 32.1 Å². The molecule has 0 radical (unpaired) electrons. The SMILES string of the molecule is CC(C)P(=O)(O)OC1CCC(C2C=CCC=CC2)C1. The third-order valence-electron chi connectivity index (χ3n) is 4.21. The third-order valence-corrected chi connectivity index (χ3v) is 6.12. The van der Waals surface area contributed by atoms with Crippen LogP contribution in [0.4, 0.5) is 0 Å². The monoisotopic (exact) mass is 284 g/mol. The fourth-order valence-electron chi connectivity index (χ4n) is 2.90. The van der Waals surface area contributed by atoms with Crippen LogP contribution >= 0.6 is 7.60 Å². The molecule has 0 aliphatic heterocycles. The second-order valence-corrected chi connectivity index (χ2v) is 8.37. The Hall–Kier alpha value is -0.370. The molecule has 4 heteroatoms. The van der Waals surface area contributed by atoms with Gasteiger partial charge in [-0.3, -0.25) is 4.57 Å². The van der Waals surface area contributed by atoms with Crippen LogP contribution in [0.5, 0.6) is 0 Å². The van der Waals surface area contributed by atoms with Crippen LogP contribution in [0.3, 0.4) is 0 Å². The summed E-state index contributed by atoms with van der Waals surface area (Å²) in [6.07, 6.45) is 14.0. The minimum absolute atomic E-state index is 0.0381. The van der Waals surface area contributed by atoms with Crippen molar-refractivity contribution in [1.29, 1.82) is 0 Å². The molecular weight excluding hydrogens is 259 g/mol. The molecule has 0 amide bonds. The van der Waals surface area contributed by atoms with Gasteiger partial charge in [0.15, 0.2) is 0 Å². The van der Waals surface area contributed by atoms with Crippen molar-refractivity contribution in [3.63, 3.8) is 0 Å². The molecule has 2 aliphatic carbocycles. The smallest absolute Gasteiger partial charge is 0.324 e. The summed E-state index contributed by atoms with van der Waals surface area (Å²) in [5.41, 5.74) is -0.313. The van der Waals surface area contributed by atoms with E-state index in [-0.39, 0.29) is 11.8 Å². The van der Waals surface area contributed by atoms with Crippen molar-refractivity contribution in [2.24, 2.45) is 11.8 Å². The van der Waals surface area contributed by atoms with E-state index in [1.165, 1.54) is 0 Å². The highest BCUT2D eigenvalue weighted by atomic mass is 31.2. The van der Waals surface area contributed by atoms with E-state index in [1.807, 2.05) is 0 Å². The predicted octanol–water partition coefficient (Wildman–Crippen LogP) is 4.29. The number of hydrogen-bond donors (Lipinski definition) is 1. The molecule has 0 heterocycles. The number of allylic oxidation sites excluding steroid dienone is 4. The van der Waals surface area contributed by atoms with Crippen LogP contribution in [0.25, 0.3) is 0 Å². The van der Waals surface area contributed by atoms with Crippen molar-refractivity contribution in [2.45, 2.75) is 57.7 Å². The molecule has 0 aromatic carbocycles. The Balaban J connectivity index is 1.89. The normalized spacial score (nSPS) is 34.4. The van der Waals surface area contributed by atoms with Crippen molar-refractivity contribution < 1.29 is 14.0 Å². The lowest BCUT2D eigenvalue weighted by Gasteiger charge is -2.21. The maximum Gasteiger partial charge on any atom is 0.330 e. The molecule has 3 nitrogen and oxygen atoms in total. The molecule has 0 spiro atoms. The van der Waals surface area contributed by atoms with E-state index in [1.54, 1.807) is 13.8 Å². The van der Waals surface area contributed by atoms with Crippen molar-refractivity contribution in [3.8, 4) is 0 Å². The van der Waals surface area contributed by atoms with E-state index < -0.39 is 7.60 Å². The fourth-order valence-corrected chi connectivity index (χ4v) is 3.77. The van der Waals surface area contributed by atoms with Gasteiger partial charge in [0, 0.05) is 0 Å². The Kier molecular flexibility index (Phi) is 5.05. The summed E-state index contributed by atoms with van der Waals surface area (Å²) in [5.74, 6) is 1.17. The van der Waals surface area contributed by atoms with Gasteiger partial charge in [-0.15, -0.1) is 0 Å². The predicted molar refractivity (Wildman–Crippen MR) is 78.2 cm³/mol. The molecule has 4 atom stereocenters. The second-order valence-electron chi connectivity index (χ2n) is 5.99. The van der Waals surface area contributed by atoms with Gasteiger partial charge < -0.3 is 9.42 Å². The van der Waals surface area contributed by atoms with Crippen molar-refractivity contribution in [3.05, 3.63) is 24.3 Å². The average Bonchev–Trinajstić information content (AvgIpc) is 2.63. The van der Waals surface area contributed by atoms with Gasteiger partial charge in [-0.2, -0.15) is 0 Å². The first-order valence-corrected chi connectivity index (χ1v) is 8.96. The van der Waals surface area contributed by atoms with Gasteiger partial charge in [-0.25, -0.2) is 0 Å². The Morgan fingerprint density at radius 2 is 2.05 bits per heavy atom. The molecule has 1 N–H and O–H groups in total. The minimum Gasteiger partial charge on any atom is -0.324 e. The van der Waals surface area contributed by atoms with Crippen molar-refractivity contribution >= 4 is 7.60 Å². The average molecular weight is 284 g/mol. The molecule has 1 saturated carbocycles. The first-order valence-electron chi connectivity index (χ1n) is 7.31. The summed E-state index contributed by atoms with van der Waals surface area (Å²) in [4.78, 5) is 9.80. The Labute approximate surface area is 116 Å². The van der Waals surface area contributed by atoms with E-state index in [2.05, 4.69) is 24.3 Å². The number of hydrogen-bond acceptors (Lipinski definition) is 2. The zero-order chi connectivity index (χ0) is 13.9. The maximum absolute atomic E-state index is 11.9. The summed E-state index contributed by atoms with van der Waals surface area (Å²) in [7, 11) is -3.42. The Morgan fingerprint density at radius 1 is 1.26 bits per heavy atom. The van der Waals surface area contributed by atoms with E-state index >= 15 is 0 Å². The van der Waals surface area contributed by atoms with Crippen LogP contribution in [-0.4, -0.2) is 16.7 Å². The van der Waals surface area contributed by atoms with Crippen LogP contribution in [-0.2, 0) is 9.09 Å². The largest absolute Gasteiger partial charge is 0.330 e. The zero-order valence-electron chi connectivity index (χ0n) is 11.9. The molecule has 0 aromatic heterocycles. The lowest BCUT2D eigenvalue weighted by Crippen LogP contribution is -2.14. The molecule has 2 rings (SSSR count). The summed E-state index contributed by atoms with van der Waals surface area (Å²) in [6.45, 7) is 3.48. The summed E-state index contributed by atoms with van der Waals surface area (Å²) < 4.78 is 17.4. The second kappa shape index (κ2) is 6.39. The molecule has 0 saturated heterocycles. The molecule has 0 aromatic rings. The minimum atomic E-state index is -3.42. The third kappa shape index (κ3) is 4.05. The molecule has 19 heavy (non-hydrogen) atoms. The van der Waals surface area contributed by atoms with Gasteiger partial charge in [0.2, 0.25) is 0 Å². The first kappa shape index (κ1) is 15.0. The lowest BCUT2D eigenvalue weighted by atomic mass is 9.88. The lowest BCUT2D eigenvalue weighted by molar-refractivity contribution is 0.168. The van der Waals surface area contributed by atoms with Gasteiger partial charge in [0.05, 0.1) is 11.8 Å². The zero-order valence-corrected chi connectivity index (χ0v) is 12.8. The van der Waals surface area contributed by atoms with Gasteiger partial charge in [0.1, 0.15) is 0 Å². The molecule has 2 aliphatic rings. The van der Waals surface area contributed by atoms with Crippen LogP contribution in [0.15, 0.2) is 24.3 Å². The van der Waals surface area contributed by atoms with Crippen LogP contribution in [0.1, 0.15) is 46.0 Å². The quantitative estimate of drug-likeness (QED) is 0.619. The van der Waals surface area contributed by atoms with E-state index in [9.17, 15) is 9.46 Å². The maximum atomic E-state index is 11.9. The highest BCUT2D eigenvalue weighted by Gasteiger charge is 2.35. The fraction of sp³-hybridized carbons (Fsp3) is 0.733. The van der Waals surface area contributed by atoms with Crippen LogP contribution in [0, 0.1) is 11.8 Å². The van der Waals surface area contributed by atoms with Crippen molar-refractivity contribution in [2.75, 3.05) is 0 Å². The van der Waals surface area contributed by atoms with Crippen LogP contribution in [0.2, 0.25) is 0 Å². The highest BCUT2D eigenvalue weighted by Crippen LogP contribution is 2.51. The van der Waals surface area contributed by atoms with Gasteiger partial charge in [-0.1, -0.05) is 38.2 Å². The summed E-state index contributed by atoms with van der Waals surface area (Å²) in [6, 6.07) is 0. The molecule has 108 valence electrons. The summed E-state index contributed by atoms with van der Waals surface area (Å²) >= 11 is 0. The van der Waals surface area contributed by atoms with Crippen LogP contribution < -0.4 is 0 Å². The van der Waals surface area contributed by atoms with Gasteiger partial charge in [0.25, 0.3) is 0 Å². The summed E-state index contributed by atoms with van der Waals surface area (Å²) in [5, 5.41) is 0. The Morgan fingerprint density at radius 3 is 2.79 bits per heavy atom. The van der Waals surface area contributed by atoms with E-state index in [0.29, 0.717) is 11.8 Å². The molecule has 4 unspecified atom stereocenters. The highest BCUT2D eigenvalue weighted by molar-refractivity contribution is 7.53. The Bertz CT molecular complexity index is 400. The number of rotatable bonds is 4. The van der Waals surface area contributed by atoms with Gasteiger partial charge >= 0.3 is 7.60 Å². The van der Waals surface area contributed by atoms with Gasteiger partial charge in [-0.05, 0) is 43.9 Å². The standard InChI is InChI=1S/C15H25O3P/c1-12(2)19(16,17)18-15-10-9-14(11-15)13-7-5-3-4-6-8-13/h3,5-6,8,12-15H,4,7,9-11H2,1-2H3,(H,16,17). The molecular formula is C15H25O3P. The first-order chi connectivity index (χ1) is 8.99. The topological polar surface area (TPSA) is 46.5 Å². The molecule has 0 bridgehead atoms. The molecule has 1 fully saturated rings.